The van der Waals surface area contributed by atoms with Gasteiger partial charge in [-0.05, 0) is 26.1 Å². The van der Waals surface area contributed by atoms with Crippen LogP contribution >= 0.6 is 0 Å². The van der Waals surface area contributed by atoms with E-state index in [1.54, 1.807) is 31.7 Å². The van der Waals surface area contributed by atoms with Gasteiger partial charge >= 0.3 is 0 Å². The van der Waals surface area contributed by atoms with E-state index in [9.17, 15) is 4.79 Å². The Bertz CT molecular complexity index is 582. The molecule has 0 spiro atoms. The van der Waals surface area contributed by atoms with Gasteiger partial charge in [0.25, 0.3) is 5.91 Å². The minimum atomic E-state index is -0.212. The topological polar surface area (TPSA) is 71.3 Å². The fourth-order valence-corrected chi connectivity index (χ4v) is 2.00. The first kappa shape index (κ1) is 15.2. The van der Waals surface area contributed by atoms with Crippen molar-refractivity contribution >= 4 is 5.91 Å². The molecule has 0 fully saturated rings. The Balaban J connectivity index is 1.92. The van der Waals surface area contributed by atoms with E-state index in [1.165, 1.54) is 0 Å². The number of nitrogens with zero attached hydrogens (tertiary/aromatic N) is 3. The first-order chi connectivity index (χ1) is 10.1. The molecule has 112 valence electrons. The predicted molar refractivity (Wildman–Crippen MR) is 78.8 cm³/mol. The Morgan fingerprint density at radius 3 is 2.90 bits per heavy atom. The molecule has 21 heavy (non-hydrogen) atoms. The first-order valence-corrected chi connectivity index (χ1v) is 6.86. The third-order valence-electron chi connectivity index (χ3n) is 3.39. The molecule has 0 aromatic carbocycles. The Hall–Kier alpha value is -2.21. The van der Waals surface area contributed by atoms with Gasteiger partial charge in [0.2, 0.25) is 0 Å². The van der Waals surface area contributed by atoms with Crippen molar-refractivity contribution in [1.29, 1.82) is 0 Å². The van der Waals surface area contributed by atoms with Crippen LogP contribution in [0.25, 0.3) is 0 Å². The highest BCUT2D eigenvalue weighted by molar-refractivity contribution is 5.91. The highest BCUT2D eigenvalue weighted by atomic mass is 16.4. The van der Waals surface area contributed by atoms with Gasteiger partial charge in [0, 0.05) is 38.1 Å². The van der Waals surface area contributed by atoms with Crippen LogP contribution in [0.5, 0.6) is 0 Å². The molecule has 0 radical (unpaired) electrons. The zero-order valence-corrected chi connectivity index (χ0v) is 12.5. The van der Waals surface area contributed by atoms with Crippen LogP contribution in [0, 0.1) is 0 Å². The highest BCUT2D eigenvalue weighted by Crippen LogP contribution is 2.13. The van der Waals surface area contributed by atoms with Gasteiger partial charge in [0.05, 0.1) is 12.2 Å². The number of carbonyl (C=O) groups excluding carboxylic acids is 1. The van der Waals surface area contributed by atoms with Crippen LogP contribution in [0.3, 0.4) is 0 Å². The van der Waals surface area contributed by atoms with E-state index >= 15 is 0 Å². The van der Waals surface area contributed by atoms with Crippen LogP contribution in [-0.4, -0.2) is 40.9 Å². The van der Waals surface area contributed by atoms with Crippen molar-refractivity contribution in [3.63, 3.8) is 0 Å². The second-order valence-corrected chi connectivity index (χ2v) is 5.01. The summed E-state index contributed by atoms with van der Waals surface area (Å²) in [7, 11) is 3.60. The molecule has 1 N–H and O–H groups in total. The molecule has 2 rings (SSSR count). The number of nitrogens with one attached hydrogen (secondary N) is 1. The molecule has 0 aliphatic carbocycles. The Morgan fingerprint density at radius 2 is 2.24 bits per heavy atom. The molecule has 0 unspecified atom stereocenters. The van der Waals surface area contributed by atoms with Crippen LogP contribution in [0.2, 0.25) is 0 Å². The quantitative estimate of drug-likeness (QED) is 0.872. The summed E-state index contributed by atoms with van der Waals surface area (Å²) in [5.74, 6) is 0.890. The lowest BCUT2D eigenvalue weighted by atomic mass is 10.1. The van der Waals surface area contributed by atoms with E-state index in [-0.39, 0.29) is 11.9 Å². The van der Waals surface area contributed by atoms with Crippen molar-refractivity contribution in [2.24, 2.45) is 0 Å². The van der Waals surface area contributed by atoms with Crippen LogP contribution in [0.15, 0.2) is 35.1 Å². The molecular weight excluding hydrogens is 268 g/mol. The molecule has 0 saturated heterocycles. The van der Waals surface area contributed by atoms with Gasteiger partial charge in [-0.3, -0.25) is 19.7 Å². The van der Waals surface area contributed by atoms with Crippen LogP contribution in [0.4, 0.5) is 0 Å². The maximum absolute atomic E-state index is 11.5. The Labute approximate surface area is 124 Å². The normalized spacial score (nSPS) is 12.4. The maximum atomic E-state index is 11.5. The molecule has 1 amide bonds. The highest BCUT2D eigenvalue weighted by Gasteiger charge is 2.15. The fourth-order valence-electron chi connectivity index (χ4n) is 2.00. The van der Waals surface area contributed by atoms with Crippen LogP contribution in [0.1, 0.15) is 28.9 Å². The summed E-state index contributed by atoms with van der Waals surface area (Å²) in [5.41, 5.74) is 0.961. The summed E-state index contributed by atoms with van der Waals surface area (Å²) in [4.78, 5) is 22.0. The van der Waals surface area contributed by atoms with Gasteiger partial charge < -0.3 is 9.73 Å². The summed E-state index contributed by atoms with van der Waals surface area (Å²) in [6, 6.07) is 3.81. The first-order valence-electron chi connectivity index (χ1n) is 6.86. The lowest BCUT2D eigenvalue weighted by Gasteiger charge is -2.23. The molecular formula is C15H20N4O2. The van der Waals surface area contributed by atoms with E-state index in [0.717, 1.165) is 17.9 Å². The Morgan fingerprint density at radius 1 is 1.43 bits per heavy atom. The third-order valence-corrected chi connectivity index (χ3v) is 3.39. The molecule has 0 aliphatic heterocycles. The molecule has 6 heteroatoms. The number of furan rings is 1. The number of aromatic nitrogens is 2. The van der Waals surface area contributed by atoms with E-state index in [4.69, 9.17) is 4.42 Å². The van der Waals surface area contributed by atoms with Crippen molar-refractivity contribution in [2.45, 2.75) is 25.9 Å². The van der Waals surface area contributed by atoms with Gasteiger partial charge in [-0.15, -0.1) is 0 Å². The van der Waals surface area contributed by atoms with Gasteiger partial charge in [-0.25, -0.2) is 0 Å². The smallest absolute Gasteiger partial charge is 0.286 e. The second-order valence-electron chi connectivity index (χ2n) is 5.01. The number of rotatable bonds is 6. The third kappa shape index (κ3) is 4.13. The lowest BCUT2D eigenvalue weighted by molar-refractivity contribution is 0.0931. The monoisotopic (exact) mass is 288 g/mol. The molecule has 2 aromatic rings. The molecule has 2 aromatic heterocycles. The fraction of sp³-hybridized carbons (Fsp3) is 0.400. The second kappa shape index (κ2) is 6.99. The van der Waals surface area contributed by atoms with Gasteiger partial charge in [-0.2, -0.15) is 0 Å². The van der Waals surface area contributed by atoms with E-state index in [0.29, 0.717) is 12.3 Å². The number of hydrogen-bond acceptors (Lipinski definition) is 5. The van der Waals surface area contributed by atoms with Crippen molar-refractivity contribution in [2.75, 3.05) is 14.1 Å². The summed E-state index contributed by atoms with van der Waals surface area (Å²) < 4.78 is 5.53. The summed E-state index contributed by atoms with van der Waals surface area (Å²) in [6.07, 6.45) is 5.96. The van der Waals surface area contributed by atoms with Crippen LogP contribution in [-0.2, 0) is 13.0 Å². The maximum Gasteiger partial charge on any atom is 0.286 e. The average Bonchev–Trinajstić information content (AvgIpc) is 2.96. The van der Waals surface area contributed by atoms with Gasteiger partial charge in [0.1, 0.15) is 5.76 Å². The van der Waals surface area contributed by atoms with E-state index in [2.05, 4.69) is 27.1 Å². The van der Waals surface area contributed by atoms with Crippen molar-refractivity contribution in [1.82, 2.24) is 20.2 Å². The molecule has 1 atom stereocenters. The number of carbonyl (C=O) groups is 1. The minimum absolute atomic E-state index is 0.212. The largest absolute Gasteiger partial charge is 0.455 e. The zero-order valence-electron chi connectivity index (χ0n) is 12.5. The SMILES string of the molecule is CNC(=O)c1ccc(CN(C)[C@H](C)Cc2cnccn2)o1. The Kier molecular flexibility index (Phi) is 5.05. The van der Waals surface area contributed by atoms with Crippen molar-refractivity contribution < 1.29 is 9.21 Å². The van der Waals surface area contributed by atoms with Gasteiger partial charge in [-0.1, -0.05) is 0 Å². The average molecular weight is 288 g/mol. The van der Waals surface area contributed by atoms with Crippen molar-refractivity contribution in [3.05, 3.63) is 47.9 Å². The number of hydrogen-bond donors (Lipinski definition) is 1. The van der Waals surface area contributed by atoms with Crippen molar-refractivity contribution in [3.8, 4) is 0 Å². The van der Waals surface area contributed by atoms with Crippen LogP contribution < -0.4 is 5.32 Å². The molecule has 0 saturated carbocycles. The minimum Gasteiger partial charge on any atom is -0.455 e. The molecule has 2 heterocycles. The lowest BCUT2D eigenvalue weighted by Crippen LogP contribution is -2.30. The van der Waals surface area contributed by atoms with Gasteiger partial charge in [0.15, 0.2) is 5.76 Å². The number of amides is 1. The molecule has 0 aliphatic rings. The summed E-state index contributed by atoms with van der Waals surface area (Å²) in [6.45, 7) is 2.76. The summed E-state index contributed by atoms with van der Waals surface area (Å²) >= 11 is 0. The standard InChI is InChI=1S/C15H20N4O2/c1-11(8-12-9-17-6-7-18-12)19(3)10-13-4-5-14(21-13)15(20)16-2/h4-7,9,11H,8,10H2,1-3H3,(H,16,20)/t11-/m1/s1. The molecule has 0 bridgehead atoms. The molecule has 6 nitrogen and oxygen atoms in total. The predicted octanol–water partition coefficient (Wildman–Crippen LogP) is 1.49. The van der Waals surface area contributed by atoms with E-state index < -0.39 is 0 Å². The van der Waals surface area contributed by atoms with E-state index in [1.807, 2.05) is 13.1 Å². The number of likely N-dealkylation sites (N-methyl/N-ethyl adjacent to an activating group) is 1. The zero-order chi connectivity index (χ0) is 15.2. The summed E-state index contributed by atoms with van der Waals surface area (Å²) in [5, 5.41) is 2.54.